The van der Waals surface area contributed by atoms with Crippen molar-refractivity contribution in [3.05, 3.63) is 65.7 Å². The molecule has 0 saturated carbocycles. The Morgan fingerprint density at radius 3 is 2.23 bits per heavy atom. The van der Waals surface area contributed by atoms with Crippen LogP contribution < -0.4 is 16.0 Å². The van der Waals surface area contributed by atoms with Gasteiger partial charge in [0.1, 0.15) is 5.60 Å². The Balaban J connectivity index is 1.76. The molecule has 3 N–H and O–H groups in total. The molecular weight excluding hydrogens is 394 g/mol. The van der Waals surface area contributed by atoms with Gasteiger partial charge in [0.2, 0.25) is 11.8 Å². The number of benzene rings is 2. The molecule has 7 nitrogen and oxygen atoms in total. The van der Waals surface area contributed by atoms with Crippen molar-refractivity contribution >= 4 is 23.6 Å². The van der Waals surface area contributed by atoms with Gasteiger partial charge in [0.05, 0.1) is 0 Å². The van der Waals surface area contributed by atoms with Crippen molar-refractivity contribution in [3.8, 4) is 0 Å². The van der Waals surface area contributed by atoms with Crippen LogP contribution in [0.3, 0.4) is 0 Å². The maximum Gasteiger partial charge on any atom is 0.407 e. The van der Waals surface area contributed by atoms with E-state index in [9.17, 15) is 14.4 Å². The minimum absolute atomic E-state index is 0.0795. The molecule has 2 rings (SSSR count). The smallest absolute Gasteiger partial charge is 0.407 e. The zero-order chi connectivity index (χ0) is 22.7. The fraction of sp³-hybridized carbons (Fsp3) is 0.375. The second kappa shape index (κ2) is 11.7. The van der Waals surface area contributed by atoms with E-state index in [4.69, 9.17) is 4.74 Å². The molecule has 0 radical (unpaired) electrons. The van der Waals surface area contributed by atoms with Crippen molar-refractivity contribution < 1.29 is 19.1 Å². The zero-order valence-corrected chi connectivity index (χ0v) is 18.4. The zero-order valence-electron chi connectivity index (χ0n) is 18.4. The third-order valence-corrected chi connectivity index (χ3v) is 4.27. The molecule has 0 aliphatic carbocycles. The van der Waals surface area contributed by atoms with E-state index in [0.717, 1.165) is 11.1 Å². The SMILES string of the molecule is CC(C)(C)OC(=O)NCCC(=O)NCc1ccccc1NC(=O)CCc1ccccc1. The van der Waals surface area contributed by atoms with Crippen LogP contribution in [0.15, 0.2) is 54.6 Å². The Kier molecular flexibility index (Phi) is 9.06. The largest absolute Gasteiger partial charge is 0.444 e. The summed E-state index contributed by atoms with van der Waals surface area (Å²) in [6.07, 6.45) is 0.617. The summed E-state index contributed by atoms with van der Waals surface area (Å²) in [7, 11) is 0. The molecule has 0 unspecified atom stereocenters. The average molecular weight is 426 g/mol. The molecule has 2 aromatic carbocycles. The van der Waals surface area contributed by atoms with Gasteiger partial charge in [-0.2, -0.15) is 0 Å². The molecular formula is C24H31N3O4. The minimum atomic E-state index is -0.582. The van der Waals surface area contributed by atoms with Crippen LogP contribution in [0, 0.1) is 0 Å². The number of nitrogens with one attached hydrogen (secondary N) is 3. The summed E-state index contributed by atoms with van der Waals surface area (Å²) in [5.74, 6) is -0.287. The van der Waals surface area contributed by atoms with Gasteiger partial charge in [-0.3, -0.25) is 9.59 Å². The number of carbonyl (C=O) groups excluding carboxylic acids is 3. The van der Waals surface area contributed by atoms with E-state index in [1.807, 2.05) is 54.6 Å². The van der Waals surface area contributed by atoms with Crippen molar-refractivity contribution in [3.63, 3.8) is 0 Å². The Morgan fingerprint density at radius 2 is 1.52 bits per heavy atom. The molecule has 0 atom stereocenters. The molecule has 0 bridgehead atoms. The first kappa shape index (κ1) is 23.9. The lowest BCUT2D eigenvalue weighted by Crippen LogP contribution is -2.35. The van der Waals surface area contributed by atoms with Crippen LogP contribution in [-0.4, -0.2) is 30.1 Å². The van der Waals surface area contributed by atoms with Crippen LogP contribution in [0.2, 0.25) is 0 Å². The predicted octanol–water partition coefficient (Wildman–Crippen LogP) is 3.79. The van der Waals surface area contributed by atoms with Gasteiger partial charge in [0.25, 0.3) is 0 Å². The van der Waals surface area contributed by atoms with Crippen LogP contribution in [0.1, 0.15) is 44.7 Å². The number of carbonyl (C=O) groups is 3. The van der Waals surface area contributed by atoms with Gasteiger partial charge in [-0.15, -0.1) is 0 Å². The van der Waals surface area contributed by atoms with Gasteiger partial charge in [0, 0.05) is 31.6 Å². The summed E-state index contributed by atoms with van der Waals surface area (Å²) in [4.78, 5) is 36.0. The number of hydrogen-bond donors (Lipinski definition) is 3. The standard InChI is InChI=1S/C24H31N3O4/c1-24(2,3)31-23(30)25-16-15-21(28)26-17-19-11-7-8-12-20(19)27-22(29)14-13-18-9-5-4-6-10-18/h4-12H,13-17H2,1-3H3,(H,25,30)(H,26,28)(H,27,29). The summed E-state index contributed by atoms with van der Waals surface area (Å²) in [5, 5.41) is 8.28. The molecule has 31 heavy (non-hydrogen) atoms. The van der Waals surface area contributed by atoms with Crippen molar-refractivity contribution in [1.29, 1.82) is 0 Å². The molecule has 0 aliphatic rings. The monoisotopic (exact) mass is 425 g/mol. The Morgan fingerprint density at radius 1 is 0.839 bits per heavy atom. The molecule has 0 heterocycles. The van der Waals surface area contributed by atoms with Crippen molar-refractivity contribution in [2.24, 2.45) is 0 Å². The second-order valence-corrected chi connectivity index (χ2v) is 8.15. The van der Waals surface area contributed by atoms with Crippen LogP contribution in [0.4, 0.5) is 10.5 Å². The lowest BCUT2D eigenvalue weighted by atomic mass is 10.1. The fourth-order valence-electron chi connectivity index (χ4n) is 2.79. The van der Waals surface area contributed by atoms with E-state index in [1.54, 1.807) is 20.8 Å². The minimum Gasteiger partial charge on any atom is -0.444 e. The lowest BCUT2D eigenvalue weighted by molar-refractivity contribution is -0.121. The van der Waals surface area contributed by atoms with Crippen molar-refractivity contribution in [2.75, 3.05) is 11.9 Å². The highest BCUT2D eigenvalue weighted by atomic mass is 16.6. The number of hydrogen-bond acceptors (Lipinski definition) is 4. The number of para-hydroxylation sites is 1. The molecule has 3 amide bonds. The van der Waals surface area contributed by atoms with E-state index in [2.05, 4.69) is 16.0 Å². The number of ether oxygens (including phenoxy) is 1. The maximum atomic E-state index is 12.3. The molecule has 2 aromatic rings. The number of anilines is 1. The quantitative estimate of drug-likeness (QED) is 0.569. The predicted molar refractivity (Wildman–Crippen MR) is 121 cm³/mol. The van der Waals surface area contributed by atoms with Gasteiger partial charge >= 0.3 is 6.09 Å². The third-order valence-electron chi connectivity index (χ3n) is 4.27. The Bertz CT molecular complexity index is 876. The topological polar surface area (TPSA) is 96.5 Å². The fourth-order valence-corrected chi connectivity index (χ4v) is 2.79. The van der Waals surface area contributed by atoms with Crippen molar-refractivity contribution in [2.45, 2.75) is 52.2 Å². The number of rotatable bonds is 9. The highest BCUT2D eigenvalue weighted by Gasteiger charge is 2.16. The van der Waals surface area contributed by atoms with Gasteiger partial charge in [-0.05, 0) is 44.4 Å². The maximum absolute atomic E-state index is 12.3. The summed E-state index contributed by atoms with van der Waals surface area (Å²) >= 11 is 0. The van der Waals surface area contributed by atoms with Crippen LogP contribution in [0.5, 0.6) is 0 Å². The highest BCUT2D eigenvalue weighted by molar-refractivity contribution is 5.91. The first-order valence-corrected chi connectivity index (χ1v) is 10.4. The molecule has 0 fully saturated rings. The lowest BCUT2D eigenvalue weighted by Gasteiger charge is -2.19. The third kappa shape index (κ3) is 9.80. The molecule has 0 aromatic heterocycles. The Hall–Kier alpha value is -3.35. The number of aryl methyl sites for hydroxylation is 1. The molecule has 166 valence electrons. The summed E-state index contributed by atoms with van der Waals surface area (Å²) in [5.41, 5.74) is 2.01. The molecule has 0 spiro atoms. The van der Waals surface area contributed by atoms with Crippen LogP contribution >= 0.6 is 0 Å². The summed E-state index contributed by atoms with van der Waals surface area (Å²) in [6, 6.07) is 17.2. The second-order valence-electron chi connectivity index (χ2n) is 8.15. The summed E-state index contributed by atoms with van der Waals surface area (Å²) in [6.45, 7) is 5.78. The van der Waals surface area contributed by atoms with E-state index in [1.165, 1.54) is 0 Å². The Labute approximate surface area is 183 Å². The van der Waals surface area contributed by atoms with Crippen LogP contribution in [0.25, 0.3) is 0 Å². The van der Waals surface area contributed by atoms with E-state index >= 15 is 0 Å². The van der Waals surface area contributed by atoms with Crippen molar-refractivity contribution in [1.82, 2.24) is 10.6 Å². The number of alkyl carbamates (subject to hydrolysis) is 1. The average Bonchev–Trinajstić information content (AvgIpc) is 2.71. The summed E-state index contributed by atoms with van der Waals surface area (Å²) < 4.78 is 5.13. The van der Waals surface area contributed by atoms with Gasteiger partial charge in [0.15, 0.2) is 0 Å². The first-order chi connectivity index (χ1) is 14.7. The molecule has 0 saturated heterocycles. The normalized spacial score (nSPS) is 10.8. The van der Waals surface area contributed by atoms with Gasteiger partial charge < -0.3 is 20.7 Å². The van der Waals surface area contributed by atoms with Gasteiger partial charge in [-0.1, -0.05) is 48.5 Å². The van der Waals surface area contributed by atoms with E-state index < -0.39 is 11.7 Å². The van der Waals surface area contributed by atoms with Gasteiger partial charge in [-0.25, -0.2) is 4.79 Å². The molecule has 7 heteroatoms. The molecule has 0 aliphatic heterocycles. The number of amides is 3. The van der Waals surface area contributed by atoms with Crippen LogP contribution in [-0.2, 0) is 27.3 Å². The highest BCUT2D eigenvalue weighted by Crippen LogP contribution is 2.15. The van der Waals surface area contributed by atoms with E-state index in [0.29, 0.717) is 18.5 Å². The van der Waals surface area contributed by atoms with E-state index in [-0.39, 0.29) is 31.3 Å². The first-order valence-electron chi connectivity index (χ1n) is 10.4.